The summed E-state index contributed by atoms with van der Waals surface area (Å²) < 4.78 is 98.2. The summed E-state index contributed by atoms with van der Waals surface area (Å²) in [6.07, 6.45) is 1.57. The van der Waals surface area contributed by atoms with Gasteiger partial charge in [0.1, 0.15) is 5.82 Å². The molecule has 0 N–H and O–H groups in total. The molecule has 0 spiro atoms. The van der Waals surface area contributed by atoms with Crippen LogP contribution in [0.1, 0.15) is 143 Å². The molecule has 1 aliphatic heterocycles. The van der Waals surface area contributed by atoms with Crippen molar-refractivity contribution in [3.8, 4) is 61.8 Å². The third kappa shape index (κ3) is 11.3. The van der Waals surface area contributed by atoms with E-state index >= 15 is 0 Å². The van der Waals surface area contributed by atoms with Crippen LogP contribution >= 0.6 is 0 Å². The van der Waals surface area contributed by atoms with Crippen LogP contribution in [0.2, 0.25) is 0 Å². The first-order chi connectivity index (χ1) is 44.7. The zero-order valence-electron chi connectivity index (χ0n) is 61.0. The summed E-state index contributed by atoms with van der Waals surface area (Å²) in [7, 11) is 0. The first-order valence-corrected chi connectivity index (χ1v) is 30.0. The van der Waals surface area contributed by atoms with E-state index in [4.69, 9.17) is 9.72 Å². The number of hydrogen-bond acceptors (Lipinski definition) is 4. The van der Waals surface area contributed by atoms with E-state index in [9.17, 15) is 12.3 Å². The summed E-state index contributed by atoms with van der Waals surface area (Å²) in [5.41, 5.74) is 9.03. The van der Waals surface area contributed by atoms with Gasteiger partial charge < -0.3 is 19.1 Å². The van der Waals surface area contributed by atoms with E-state index in [0.29, 0.717) is 73.3 Å². The largest absolute Gasteiger partial charge is 0.509 e. The molecular weight excluding hydrogens is 1240 g/mol. The maximum absolute atomic E-state index is 10.3. The van der Waals surface area contributed by atoms with Crippen LogP contribution in [0, 0.1) is 24.2 Å². The Morgan fingerprint density at radius 1 is 0.563 bits per heavy atom. The van der Waals surface area contributed by atoms with Crippen LogP contribution in [0.5, 0.6) is 11.5 Å². The number of benzene rings is 9. The van der Waals surface area contributed by atoms with Gasteiger partial charge in [0.15, 0.2) is 0 Å². The summed E-state index contributed by atoms with van der Waals surface area (Å²) in [4.78, 5) is 8.97. The molecule has 0 amide bonds. The van der Waals surface area contributed by atoms with Crippen molar-refractivity contribution in [3.63, 3.8) is 0 Å². The van der Waals surface area contributed by atoms with E-state index in [2.05, 4.69) is 93.5 Å². The number of ether oxygens (including phenoxy) is 1. The Morgan fingerprint density at radius 2 is 1.18 bits per heavy atom. The Hall–Kier alpha value is -7.98. The van der Waals surface area contributed by atoms with Crippen molar-refractivity contribution in [2.75, 3.05) is 9.80 Å². The molecule has 2 aliphatic rings. The topological polar surface area (TPSA) is 33.5 Å². The molecule has 0 unspecified atom stereocenters. The van der Waals surface area contributed by atoms with Gasteiger partial charge in [0, 0.05) is 80.8 Å². The minimum atomic E-state index is -1.76. The molecule has 11 aromatic rings. The van der Waals surface area contributed by atoms with Gasteiger partial charge in [0.05, 0.1) is 9.60 Å². The molecule has 0 atom stereocenters. The fourth-order valence-corrected chi connectivity index (χ4v) is 12.4. The maximum atomic E-state index is 10.3. The van der Waals surface area contributed by atoms with Crippen LogP contribution < -0.4 is 14.5 Å². The molecule has 0 fully saturated rings. The number of nitrogens with zero attached hydrogens (tertiary/aromatic N) is 4. The third-order valence-electron chi connectivity index (χ3n) is 17.1. The monoisotopic (exact) mass is 1330 g/mol. The predicted octanol–water partition coefficient (Wildman–Crippen LogP) is 22.2. The normalized spacial score (nSPS) is 16.3. The van der Waals surface area contributed by atoms with Gasteiger partial charge in [0.25, 0.3) is 0 Å². The summed E-state index contributed by atoms with van der Waals surface area (Å²) in [5.74, 6) is 1.31. The fourth-order valence-electron chi connectivity index (χ4n) is 12.4. The maximum Gasteiger partial charge on any atom is 0.135 e. The number of fused-ring (bicyclic) bond motifs is 5. The second kappa shape index (κ2) is 22.3. The molecule has 1 aliphatic carbocycles. The SMILES string of the molecule is [2H]c1c([2H])c(-c2cccc(-c3c([2H])c([2H])c4c(c3[2H])C(C)(C)CCC4(C)C)c2N2[CH-]N(c3[c-]c(Oc4[c-]c5c(cc4)c4ccccc4n5-c4cc(C([2H])([2H])C(C)(C)C)c(-c5ccccc5)cn4)ccc3)c3ccccc32)c([2H])c([2H])c1-c1ccc(C(C)(C)C)cc1C(C)(C)C.[Pt]. The van der Waals surface area contributed by atoms with Crippen molar-refractivity contribution in [1.29, 1.82) is 0 Å². The van der Waals surface area contributed by atoms with Gasteiger partial charge in [-0.15, -0.1) is 48.1 Å². The number of para-hydroxylation sites is 4. The quantitative estimate of drug-likeness (QED) is 0.128. The van der Waals surface area contributed by atoms with Gasteiger partial charge in [0.2, 0.25) is 0 Å². The summed E-state index contributed by atoms with van der Waals surface area (Å²) in [6, 6.07) is 55.0. The Kier molecular flexibility index (Phi) is 12.6. The van der Waals surface area contributed by atoms with Crippen molar-refractivity contribution < 1.29 is 38.1 Å². The smallest absolute Gasteiger partial charge is 0.135 e. The number of hydrogen-bond donors (Lipinski definition) is 0. The zero-order chi connectivity index (χ0) is 68.0. The molecule has 2 aromatic heterocycles. The predicted molar refractivity (Wildman–Crippen MR) is 362 cm³/mol. The van der Waals surface area contributed by atoms with Gasteiger partial charge in [-0.1, -0.05) is 235 Å². The van der Waals surface area contributed by atoms with Crippen molar-refractivity contribution in [3.05, 3.63) is 247 Å². The Bertz CT molecular complexity index is 4910. The van der Waals surface area contributed by atoms with Crippen LogP contribution in [-0.2, 0) is 49.1 Å². The molecular formula is C81H79N4OPt-3. The van der Waals surface area contributed by atoms with Crippen LogP contribution in [-0.4, -0.2) is 9.55 Å². The van der Waals surface area contributed by atoms with Crippen molar-refractivity contribution in [2.24, 2.45) is 5.41 Å². The fraction of sp³-hybridized carbons (Fsp3) is 0.259. The number of rotatable bonds is 10. The third-order valence-corrected chi connectivity index (χ3v) is 17.1. The van der Waals surface area contributed by atoms with Gasteiger partial charge in [-0.2, -0.15) is 12.1 Å². The van der Waals surface area contributed by atoms with Crippen LogP contribution in [0.3, 0.4) is 0 Å². The van der Waals surface area contributed by atoms with Crippen LogP contribution in [0.4, 0.5) is 22.7 Å². The van der Waals surface area contributed by atoms with Crippen molar-refractivity contribution in [1.82, 2.24) is 9.55 Å². The molecule has 9 aromatic carbocycles. The molecule has 13 rings (SSSR count). The van der Waals surface area contributed by atoms with E-state index in [1.54, 1.807) is 18.3 Å². The van der Waals surface area contributed by atoms with Gasteiger partial charge in [-0.25, -0.2) is 4.98 Å². The van der Waals surface area contributed by atoms with Crippen LogP contribution in [0.25, 0.3) is 72.1 Å². The van der Waals surface area contributed by atoms with E-state index in [1.807, 2.05) is 169 Å². The molecule has 0 saturated heterocycles. The minimum absolute atomic E-state index is 0. The zero-order valence-corrected chi connectivity index (χ0v) is 54.3. The molecule has 87 heavy (non-hydrogen) atoms. The van der Waals surface area contributed by atoms with Crippen molar-refractivity contribution >= 4 is 44.6 Å². The van der Waals surface area contributed by atoms with E-state index in [0.717, 1.165) is 57.1 Å². The Morgan fingerprint density at radius 3 is 1.89 bits per heavy atom. The standard InChI is InChI=1S/C81H79N4O.Pt/c1-77(2,3)50-57-46-75(82-51-67(57)53-23-15-14-16-24-53)85-71-30-18-17-27-65(71)66-41-39-61(49-74(66)85)86-60-26-21-25-59(48-60)83-52-84(73-32-20-19-31-72(73)83)76-63(28-22-29-64(76)56-37-42-68-70(45-56)81(12,13)44-43-80(68,10)11)55-35-33-54(34-36-55)62-40-38-58(78(4,5)6)47-69(62)79(7,8)9;/h14-42,45-47,51-52H,43-44,50H2,1-13H3;/q-3;/i33D,34D,35D,36D,37D,42D,45D,50D2;. The molecule has 6 heteroatoms. The summed E-state index contributed by atoms with van der Waals surface area (Å²) >= 11 is 0. The molecule has 0 saturated carbocycles. The average Bonchev–Trinajstić information content (AvgIpc) is 0.885. The number of anilines is 4. The van der Waals surface area contributed by atoms with E-state index in [-0.39, 0.29) is 85.5 Å². The summed E-state index contributed by atoms with van der Waals surface area (Å²) in [5, 5.41) is 1.87. The minimum Gasteiger partial charge on any atom is -0.509 e. The van der Waals surface area contributed by atoms with Gasteiger partial charge in [-0.3, -0.25) is 0 Å². The first kappa shape index (κ1) is 49.1. The summed E-state index contributed by atoms with van der Waals surface area (Å²) in [6.45, 7) is 28.8. The first-order valence-electron chi connectivity index (χ1n) is 34.5. The second-order valence-corrected chi connectivity index (χ2v) is 27.6. The molecule has 0 radical (unpaired) electrons. The molecule has 0 bridgehead atoms. The Labute approximate surface area is 544 Å². The van der Waals surface area contributed by atoms with Crippen LogP contribution in [0.15, 0.2) is 200 Å². The van der Waals surface area contributed by atoms with Crippen molar-refractivity contribution in [2.45, 2.75) is 131 Å². The second-order valence-electron chi connectivity index (χ2n) is 27.6. The number of pyridine rings is 1. The molecule has 442 valence electrons. The van der Waals surface area contributed by atoms with E-state index in [1.165, 1.54) is 0 Å². The van der Waals surface area contributed by atoms with Gasteiger partial charge >= 0.3 is 0 Å². The molecule has 3 heterocycles. The van der Waals surface area contributed by atoms with Gasteiger partial charge in [-0.05, 0) is 132 Å². The molecule has 5 nitrogen and oxygen atoms in total. The number of aromatic nitrogens is 2. The Balaban J connectivity index is 0.00000881. The average molecular weight is 1330 g/mol. The van der Waals surface area contributed by atoms with E-state index < -0.39 is 28.0 Å².